The van der Waals surface area contributed by atoms with E-state index in [1.807, 2.05) is 24.3 Å². The van der Waals surface area contributed by atoms with Crippen LogP contribution < -0.4 is 15.9 Å². The topological polar surface area (TPSA) is 69.4 Å². The van der Waals surface area contributed by atoms with Crippen molar-refractivity contribution in [1.82, 2.24) is 19.0 Å². The van der Waals surface area contributed by atoms with Gasteiger partial charge in [0.05, 0.1) is 11.9 Å². The molecule has 1 aromatic carbocycles. The third-order valence-electron chi connectivity index (χ3n) is 7.02. The maximum atomic E-state index is 12.8. The summed E-state index contributed by atoms with van der Waals surface area (Å²) >= 11 is 0. The van der Waals surface area contributed by atoms with Gasteiger partial charge in [0.25, 0.3) is 11.1 Å². The molecule has 1 saturated heterocycles. The molecule has 8 heteroatoms. The summed E-state index contributed by atoms with van der Waals surface area (Å²) in [6.07, 6.45) is 7.75. The van der Waals surface area contributed by atoms with Gasteiger partial charge in [0.1, 0.15) is 29.9 Å². The number of nitrogens with zero attached hydrogens (tertiary/aromatic N) is 4. The van der Waals surface area contributed by atoms with Crippen LogP contribution in [0.3, 0.4) is 0 Å². The van der Waals surface area contributed by atoms with Crippen molar-refractivity contribution in [1.29, 1.82) is 0 Å². The van der Waals surface area contributed by atoms with Crippen molar-refractivity contribution in [2.75, 3.05) is 19.8 Å². The van der Waals surface area contributed by atoms with E-state index in [4.69, 9.17) is 4.74 Å². The molecule has 1 saturated carbocycles. The van der Waals surface area contributed by atoms with E-state index < -0.39 is 12.2 Å². The highest BCUT2D eigenvalue weighted by Crippen LogP contribution is 2.29. The van der Waals surface area contributed by atoms with E-state index >= 15 is 0 Å². The summed E-state index contributed by atoms with van der Waals surface area (Å²) in [6, 6.07) is 9.79. The van der Waals surface area contributed by atoms with Crippen LogP contribution in [0.2, 0.25) is 0 Å². The summed E-state index contributed by atoms with van der Waals surface area (Å²) in [4.78, 5) is 32.6. The molecule has 0 unspecified atom stereocenters. The van der Waals surface area contributed by atoms with Crippen molar-refractivity contribution in [2.45, 2.75) is 50.8 Å². The molecule has 3 heterocycles. The summed E-state index contributed by atoms with van der Waals surface area (Å²) in [6.45, 7) is 1.46. The highest BCUT2D eigenvalue weighted by molar-refractivity contribution is 5.78. The van der Waals surface area contributed by atoms with Crippen LogP contribution in [0.1, 0.15) is 32.1 Å². The fraction of sp³-hybridized carbons (Fsp3) is 0.480. The van der Waals surface area contributed by atoms with Gasteiger partial charge in [0, 0.05) is 37.9 Å². The Balaban J connectivity index is 1.35. The number of halogens is 1. The van der Waals surface area contributed by atoms with E-state index in [-0.39, 0.29) is 29.1 Å². The molecule has 0 radical (unpaired) electrons. The first-order valence-corrected chi connectivity index (χ1v) is 11.7. The summed E-state index contributed by atoms with van der Waals surface area (Å²) in [5.74, 6) is 1.18. The first-order chi connectivity index (χ1) is 16.0. The molecule has 2 fully saturated rings. The van der Waals surface area contributed by atoms with Crippen molar-refractivity contribution >= 4 is 10.9 Å². The zero-order valence-electron chi connectivity index (χ0n) is 18.9. The molecule has 0 spiro atoms. The fourth-order valence-corrected chi connectivity index (χ4v) is 4.81. The Morgan fingerprint density at radius 2 is 1.76 bits per heavy atom. The Morgan fingerprint density at radius 1 is 1.03 bits per heavy atom. The van der Waals surface area contributed by atoms with Crippen molar-refractivity contribution < 1.29 is 9.13 Å². The van der Waals surface area contributed by atoms with Crippen LogP contribution >= 0.6 is 0 Å². The number of rotatable bonds is 6. The van der Waals surface area contributed by atoms with Crippen LogP contribution in [0.5, 0.6) is 5.75 Å². The average Bonchev–Trinajstić information content (AvgIpc) is 2.79. The molecule has 5 rings (SSSR count). The summed E-state index contributed by atoms with van der Waals surface area (Å²) in [5, 5.41) is 0.231. The van der Waals surface area contributed by atoms with E-state index in [1.54, 1.807) is 7.05 Å². The van der Waals surface area contributed by atoms with Gasteiger partial charge in [-0.05, 0) is 56.0 Å². The predicted octanol–water partition coefficient (Wildman–Crippen LogP) is 3.13. The molecule has 0 bridgehead atoms. The Morgan fingerprint density at radius 3 is 2.39 bits per heavy atom. The molecule has 33 heavy (non-hydrogen) atoms. The van der Waals surface area contributed by atoms with Crippen LogP contribution in [-0.4, -0.2) is 50.9 Å². The number of pyridine rings is 1. The van der Waals surface area contributed by atoms with Crippen molar-refractivity contribution in [2.24, 2.45) is 7.05 Å². The number of benzene rings is 1. The molecule has 0 N–H and O–H groups in total. The van der Waals surface area contributed by atoms with E-state index in [9.17, 15) is 14.0 Å². The van der Waals surface area contributed by atoms with Crippen LogP contribution in [-0.2, 0) is 13.6 Å². The molecule has 174 valence electrons. The van der Waals surface area contributed by atoms with Crippen LogP contribution in [0.4, 0.5) is 4.39 Å². The van der Waals surface area contributed by atoms with Gasteiger partial charge in [-0.3, -0.25) is 14.2 Å². The summed E-state index contributed by atoms with van der Waals surface area (Å²) < 4.78 is 21.7. The van der Waals surface area contributed by atoms with Gasteiger partial charge in [-0.25, -0.2) is 9.37 Å². The number of likely N-dealkylation sites (tertiary alicyclic amines) is 1. The van der Waals surface area contributed by atoms with E-state index in [0.717, 1.165) is 37.7 Å². The molecule has 0 amide bonds. The number of ether oxygens (including phenoxy) is 1. The van der Waals surface area contributed by atoms with Gasteiger partial charge in [-0.2, -0.15) is 0 Å². The van der Waals surface area contributed by atoms with Crippen LogP contribution in [0, 0.1) is 0 Å². The molecule has 1 aliphatic carbocycles. The van der Waals surface area contributed by atoms with Crippen LogP contribution in [0.25, 0.3) is 22.3 Å². The highest BCUT2D eigenvalue weighted by atomic mass is 19.1. The zero-order chi connectivity index (χ0) is 22.9. The molecule has 0 atom stereocenters. The lowest BCUT2D eigenvalue weighted by atomic mass is 9.90. The second-order valence-corrected chi connectivity index (χ2v) is 9.03. The maximum absolute atomic E-state index is 12.8. The molecule has 2 aromatic heterocycles. The fourth-order valence-electron chi connectivity index (χ4n) is 4.81. The monoisotopic (exact) mass is 452 g/mol. The first kappa shape index (κ1) is 21.8. The SMILES string of the molecule is Cn1c(-c2ccc(OC3CCN(C4CCC4)CC3)cc2)nc2c(=O)n(CCF)ccc2c1=O. The van der Waals surface area contributed by atoms with Gasteiger partial charge >= 0.3 is 0 Å². The second kappa shape index (κ2) is 9.09. The normalized spacial score (nSPS) is 17.9. The average molecular weight is 453 g/mol. The van der Waals surface area contributed by atoms with Gasteiger partial charge in [0.15, 0.2) is 0 Å². The largest absolute Gasteiger partial charge is 0.490 e. The van der Waals surface area contributed by atoms with Crippen LogP contribution in [0.15, 0.2) is 46.1 Å². The Hall–Kier alpha value is -3.00. The van der Waals surface area contributed by atoms with Gasteiger partial charge in [-0.15, -0.1) is 0 Å². The Labute approximate surface area is 191 Å². The number of fused-ring (bicyclic) bond motifs is 1. The smallest absolute Gasteiger partial charge is 0.277 e. The van der Waals surface area contributed by atoms with Gasteiger partial charge < -0.3 is 14.2 Å². The highest BCUT2D eigenvalue weighted by Gasteiger charge is 2.29. The van der Waals surface area contributed by atoms with Crippen molar-refractivity contribution in [3.05, 3.63) is 57.2 Å². The first-order valence-electron chi connectivity index (χ1n) is 11.7. The standard InChI is InChI=1S/C25H29FN4O3/c1-28-23(27-22-21(24(28)31)11-15-30(16-12-26)25(22)32)17-5-7-19(8-6-17)33-20-9-13-29(14-10-20)18-3-2-4-18/h5-8,11,15,18,20H,2-4,9-10,12-14,16H2,1H3. The summed E-state index contributed by atoms with van der Waals surface area (Å²) in [5.41, 5.74) is 0.00175. The number of alkyl halides is 1. The molecular weight excluding hydrogens is 423 g/mol. The number of aryl methyl sites for hydroxylation is 1. The number of hydrogen-bond acceptors (Lipinski definition) is 5. The molecule has 2 aliphatic rings. The third kappa shape index (κ3) is 4.19. The molecule has 1 aliphatic heterocycles. The molecule has 3 aromatic rings. The second-order valence-electron chi connectivity index (χ2n) is 9.03. The van der Waals surface area contributed by atoms with E-state index in [0.29, 0.717) is 11.4 Å². The lowest BCUT2D eigenvalue weighted by Gasteiger charge is -2.41. The van der Waals surface area contributed by atoms with E-state index in [2.05, 4.69) is 9.88 Å². The number of aromatic nitrogens is 3. The minimum absolute atomic E-state index is 0.0580. The zero-order valence-corrected chi connectivity index (χ0v) is 18.9. The Bertz CT molecular complexity index is 1260. The maximum Gasteiger partial charge on any atom is 0.277 e. The molecule has 7 nitrogen and oxygen atoms in total. The lowest BCUT2D eigenvalue weighted by Crippen LogP contribution is -2.46. The summed E-state index contributed by atoms with van der Waals surface area (Å²) in [7, 11) is 1.64. The third-order valence-corrected chi connectivity index (χ3v) is 7.02. The minimum atomic E-state index is -0.663. The van der Waals surface area contributed by atoms with E-state index in [1.165, 1.54) is 40.7 Å². The number of piperidine rings is 1. The van der Waals surface area contributed by atoms with Gasteiger partial charge in [-0.1, -0.05) is 6.42 Å². The van der Waals surface area contributed by atoms with Gasteiger partial charge in [0.2, 0.25) is 0 Å². The Kier molecular flexibility index (Phi) is 6.01. The molecular formula is C25H29FN4O3. The van der Waals surface area contributed by atoms with Crippen molar-refractivity contribution in [3.63, 3.8) is 0 Å². The van der Waals surface area contributed by atoms with Crippen molar-refractivity contribution in [3.8, 4) is 17.1 Å². The number of hydrogen-bond donors (Lipinski definition) is 0. The quantitative estimate of drug-likeness (QED) is 0.575. The predicted molar refractivity (Wildman–Crippen MR) is 126 cm³/mol. The lowest BCUT2D eigenvalue weighted by molar-refractivity contribution is 0.0493. The minimum Gasteiger partial charge on any atom is -0.490 e.